The first-order valence-electron chi connectivity index (χ1n) is 23.5. The van der Waals surface area contributed by atoms with Gasteiger partial charge in [0.1, 0.15) is 11.0 Å². The van der Waals surface area contributed by atoms with Gasteiger partial charge >= 0.3 is 0 Å². The molecule has 13 heteroatoms. The number of aliphatic imine (C=N–C) groups is 1. The molecule has 4 amide bonds. The Bertz CT molecular complexity index is 2580. The van der Waals surface area contributed by atoms with Crippen LogP contribution < -0.4 is 5.32 Å². The van der Waals surface area contributed by atoms with Crippen molar-refractivity contribution in [3.05, 3.63) is 155 Å². The predicted octanol–water partition coefficient (Wildman–Crippen LogP) is 9.88. The van der Waals surface area contributed by atoms with Crippen LogP contribution in [0, 0.1) is 0 Å². The molecule has 11 nitrogen and oxygen atoms in total. The first-order chi connectivity index (χ1) is 32.9. The van der Waals surface area contributed by atoms with Gasteiger partial charge in [-0.3, -0.25) is 19.2 Å². The van der Waals surface area contributed by atoms with Gasteiger partial charge in [-0.05, 0) is 94.2 Å². The summed E-state index contributed by atoms with van der Waals surface area (Å²) in [7, 11) is 7.69. The monoisotopic (exact) mass is 949 g/mol. The fourth-order valence-corrected chi connectivity index (χ4v) is 10.8. The summed E-state index contributed by atoms with van der Waals surface area (Å²) in [5.41, 5.74) is 5.88. The first-order valence-corrected chi connectivity index (χ1v) is 25.1. The number of likely N-dealkylation sites (tertiary alicyclic amines) is 2. The zero-order chi connectivity index (χ0) is 48.2. The lowest BCUT2D eigenvalue weighted by Crippen LogP contribution is -2.45. The Hall–Kier alpha value is -5.99. The average molecular weight is 950 g/mol. The number of carbonyl (C=O) groups is 4. The Morgan fingerprint density at radius 2 is 1.37 bits per heavy atom. The van der Waals surface area contributed by atoms with Crippen molar-refractivity contribution in [2.75, 3.05) is 54.4 Å². The lowest BCUT2D eigenvalue weighted by Gasteiger charge is -2.31. The zero-order valence-electron chi connectivity index (χ0n) is 39.8. The van der Waals surface area contributed by atoms with E-state index in [-0.39, 0.29) is 35.7 Å². The number of aromatic nitrogens is 1. The normalized spacial score (nSPS) is 17.2. The number of allylic oxidation sites excluding steroid dienone is 1. The van der Waals surface area contributed by atoms with Crippen molar-refractivity contribution in [2.24, 2.45) is 4.99 Å². The van der Waals surface area contributed by atoms with Gasteiger partial charge in [0.2, 0.25) is 23.6 Å². The Kier molecular flexibility index (Phi) is 17.5. The topological polar surface area (TPSA) is 119 Å². The standard InChI is InChI=1S/C55H63N7O4S2/c1-7-48(67-38(2)46-20-14-32-61(46)55(66)52(44-18-12-9-13-19-44)58-51(64)31-35-60(5)6)42-26-22-39(23-27-42)40-24-28-43(29-25-40)49-37-57-53(68-49)47-21-15-33-62(47)54(65)45(41-16-10-8-11-17-41)36-56-50(63)30-34-59(3)4/h7-13,16-19,22-29,36-37,45-47,52H,2,14-15,20-21,30-35H2,1,3-6H3,(H,58,64)/b48-7-,56-36+/t45-,46-,47-,52+/m0/s1. The number of rotatable bonds is 19. The number of thioether (sulfide) groups is 1. The Morgan fingerprint density at radius 3 is 2.01 bits per heavy atom. The van der Waals surface area contributed by atoms with Crippen LogP contribution in [0.1, 0.15) is 85.1 Å². The molecule has 1 N–H and O–H groups in total. The Balaban J connectivity index is 0.985. The van der Waals surface area contributed by atoms with Crippen molar-refractivity contribution in [3.63, 3.8) is 0 Å². The quantitative estimate of drug-likeness (QED) is 0.0814. The number of benzene rings is 4. The molecule has 0 saturated carbocycles. The molecule has 2 aliphatic rings. The second-order valence-corrected chi connectivity index (χ2v) is 20.1. The summed E-state index contributed by atoms with van der Waals surface area (Å²) >= 11 is 3.22. The van der Waals surface area contributed by atoms with Gasteiger partial charge in [0, 0.05) is 61.2 Å². The van der Waals surface area contributed by atoms with Crippen LogP contribution in [0.25, 0.3) is 26.5 Å². The van der Waals surface area contributed by atoms with E-state index in [9.17, 15) is 19.2 Å². The van der Waals surface area contributed by atoms with Crippen molar-refractivity contribution in [1.29, 1.82) is 0 Å². The summed E-state index contributed by atoms with van der Waals surface area (Å²) in [4.78, 5) is 73.9. The molecule has 4 atom stereocenters. The molecule has 68 heavy (non-hydrogen) atoms. The summed E-state index contributed by atoms with van der Waals surface area (Å²) in [6.45, 7) is 8.94. The molecule has 2 saturated heterocycles. The number of hydrogen-bond donors (Lipinski definition) is 1. The lowest BCUT2D eigenvalue weighted by molar-refractivity contribution is -0.136. The number of nitrogens with one attached hydrogen (secondary N) is 1. The molecule has 1 aromatic heterocycles. The molecule has 7 rings (SSSR count). The fraction of sp³-hybridized carbons (Fsp3) is 0.345. The van der Waals surface area contributed by atoms with E-state index in [1.807, 2.05) is 122 Å². The van der Waals surface area contributed by atoms with Crippen LogP contribution in [0.5, 0.6) is 0 Å². The number of carbonyl (C=O) groups excluding carboxylic acids is 4. The highest BCUT2D eigenvalue weighted by Crippen LogP contribution is 2.41. The molecule has 354 valence electrons. The van der Waals surface area contributed by atoms with E-state index < -0.39 is 12.0 Å². The van der Waals surface area contributed by atoms with Gasteiger partial charge in [-0.2, -0.15) is 0 Å². The van der Waals surface area contributed by atoms with Crippen LogP contribution >= 0.6 is 23.1 Å². The molecule has 0 radical (unpaired) electrons. The van der Waals surface area contributed by atoms with Crippen molar-refractivity contribution in [1.82, 2.24) is 29.9 Å². The average Bonchev–Trinajstić information content (AvgIpc) is 4.17. The zero-order valence-corrected chi connectivity index (χ0v) is 41.5. The van der Waals surface area contributed by atoms with E-state index in [4.69, 9.17) is 4.98 Å². The Morgan fingerprint density at radius 1 is 0.779 bits per heavy atom. The molecule has 4 aromatic carbocycles. The van der Waals surface area contributed by atoms with Gasteiger partial charge in [0.25, 0.3) is 0 Å². The maximum absolute atomic E-state index is 14.3. The van der Waals surface area contributed by atoms with Crippen LogP contribution in [-0.4, -0.2) is 115 Å². The third-order valence-electron chi connectivity index (χ3n) is 12.5. The van der Waals surface area contributed by atoms with E-state index in [1.54, 1.807) is 23.1 Å². The molecular formula is C55H63N7O4S2. The SMILES string of the molecule is C=C(S/C(=C\C)c1ccc(-c2ccc(-c3cnc([C@@H]4CCCN4C(=O)[C@@H](/C=N/C(=O)CCN(C)C)c4ccccc4)s3)cc2)cc1)[C@@H]1CCCN1C(=O)[C@H](NC(=O)CCN(C)C)c1ccccc1. The highest BCUT2D eigenvalue weighted by atomic mass is 32.2. The molecular weight excluding hydrogens is 887 g/mol. The lowest BCUT2D eigenvalue weighted by atomic mass is 9.98. The molecule has 5 aromatic rings. The summed E-state index contributed by atoms with van der Waals surface area (Å²) in [5.74, 6) is -1.24. The largest absolute Gasteiger partial charge is 0.340 e. The second-order valence-electron chi connectivity index (χ2n) is 17.9. The van der Waals surface area contributed by atoms with Crippen LogP contribution in [0.3, 0.4) is 0 Å². The highest BCUT2D eigenvalue weighted by molar-refractivity contribution is 8.11. The number of amides is 4. The van der Waals surface area contributed by atoms with Crippen LogP contribution in [0.4, 0.5) is 0 Å². The van der Waals surface area contributed by atoms with E-state index in [1.165, 1.54) is 6.21 Å². The van der Waals surface area contributed by atoms with Crippen molar-refractivity contribution >= 4 is 57.8 Å². The second kappa shape index (κ2) is 23.8. The van der Waals surface area contributed by atoms with Gasteiger partial charge in [-0.15, -0.1) is 11.3 Å². The summed E-state index contributed by atoms with van der Waals surface area (Å²) in [5, 5.41) is 3.94. The minimum atomic E-state index is -0.769. The van der Waals surface area contributed by atoms with E-state index in [0.717, 1.165) is 78.8 Å². The van der Waals surface area contributed by atoms with Gasteiger partial charge in [0.15, 0.2) is 0 Å². The third kappa shape index (κ3) is 12.8. The maximum atomic E-state index is 14.3. The molecule has 0 aliphatic carbocycles. The van der Waals surface area contributed by atoms with Crippen LogP contribution in [0.2, 0.25) is 0 Å². The predicted molar refractivity (Wildman–Crippen MR) is 278 cm³/mol. The fourth-order valence-electron chi connectivity index (χ4n) is 8.71. The van der Waals surface area contributed by atoms with Gasteiger partial charge < -0.3 is 24.9 Å². The minimum Gasteiger partial charge on any atom is -0.340 e. The van der Waals surface area contributed by atoms with Crippen molar-refractivity contribution < 1.29 is 19.2 Å². The van der Waals surface area contributed by atoms with Gasteiger partial charge in [0.05, 0.1) is 22.9 Å². The molecule has 0 bridgehead atoms. The van der Waals surface area contributed by atoms with Crippen molar-refractivity contribution in [3.8, 4) is 21.6 Å². The van der Waals surface area contributed by atoms with Gasteiger partial charge in [-0.25, -0.2) is 9.98 Å². The van der Waals surface area contributed by atoms with E-state index >= 15 is 0 Å². The molecule has 0 unspecified atom stereocenters. The van der Waals surface area contributed by atoms with Crippen LogP contribution in [0.15, 0.2) is 138 Å². The number of nitrogens with zero attached hydrogens (tertiary/aromatic N) is 6. The van der Waals surface area contributed by atoms with Crippen LogP contribution in [-0.2, 0) is 19.2 Å². The smallest absolute Gasteiger partial charge is 0.250 e. The Labute approximate surface area is 410 Å². The third-order valence-corrected chi connectivity index (χ3v) is 14.8. The van der Waals surface area contributed by atoms with Gasteiger partial charge in [-0.1, -0.05) is 134 Å². The van der Waals surface area contributed by atoms with E-state index in [0.29, 0.717) is 39.0 Å². The molecule has 3 heterocycles. The molecule has 2 aliphatic heterocycles. The summed E-state index contributed by atoms with van der Waals surface area (Å²) < 4.78 is 0. The summed E-state index contributed by atoms with van der Waals surface area (Å²) in [6.07, 6.45) is 9.50. The minimum absolute atomic E-state index is 0.0702. The first kappa shape index (κ1) is 49.9. The van der Waals surface area contributed by atoms with Crippen molar-refractivity contribution in [2.45, 2.75) is 69.5 Å². The molecule has 0 spiro atoms. The van der Waals surface area contributed by atoms with E-state index in [2.05, 4.69) is 71.5 Å². The highest BCUT2D eigenvalue weighted by Gasteiger charge is 2.37. The molecule has 2 fully saturated rings. The maximum Gasteiger partial charge on any atom is 0.250 e. The summed E-state index contributed by atoms with van der Waals surface area (Å²) in [6, 6.07) is 35.0. The number of hydrogen-bond acceptors (Lipinski definition) is 9. The number of thiazole rings is 1.